The second-order valence-corrected chi connectivity index (χ2v) is 6.57. The molecule has 4 heteroatoms. The lowest BCUT2D eigenvalue weighted by molar-refractivity contribution is 0.648. The molecule has 0 spiro atoms. The summed E-state index contributed by atoms with van der Waals surface area (Å²) in [6.07, 6.45) is 0.185. The van der Waals surface area contributed by atoms with Gasteiger partial charge in [0, 0.05) is 25.5 Å². The largest absolute Gasteiger partial charge is 0.382 e. The smallest absolute Gasteiger partial charge is 0.141 e. The second-order valence-electron chi connectivity index (χ2n) is 6.57. The Kier molecular flexibility index (Phi) is 2.49. The highest BCUT2D eigenvalue weighted by molar-refractivity contribution is 5.93. The number of nitrogens with zero attached hydrogens (tertiary/aromatic N) is 2. The SMILES string of the molecule is Cc1ccc2c(c1)NC(c1cc3cccc4c3n1CCN4)N2C. The summed E-state index contributed by atoms with van der Waals surface area (Å²) >= 11 is 0. The molecule has 0 aliphatic carbocycles. The van der Waals surface area contributed by atoms with E-state index in [1.165, 1.54) is 39.2 Å². The van der Waals surface area contributed by atoms with Gasteiger partial charge in [0.1, 0.15) is 6.17 Å². The lowest BCUT2D eigenvalue weighted by Crippen LogP contribution is -2.28. The fourth-order valence-corrected chi connectivity index (χ4v) is 3.99. The molecule has 4 nitrogen and oxygen atoms in total. The van der Waals surface area contributed by atoms with Crippen molar-refractivity contribution in [2.24, 2.45) is 0 Å². The lowest BCUT2D eigenvalue weighted by atomic mass is 10.2. The van der Waals surface area contributed by atoms with Crippen molar-refractivity contribution in [3.63, 3.8) is 0 Å². The summed E-state index contributed by atoms with van der Waals surface area (Å²) in [5.41, 5.74) is 7.70. The lowest BCUT2D eigenvalue weighted by Gasteiger charge is -2.26. The Morgan fingerprint density at radius 1 is 1.09 bits per heavy atom. The Morgan fingerprint density at radius 3 is 2.91 bits per heavy atom. The zero-order valence-electron chi connectivity index (χ0n) is 13.4. The van der Waals surface area contributed by atoms with E-state index < -0.39 is 0 Å². The minimum Gasteiger partial charge on any atom is -0.382 e. The first kappa shape index (κ1) is 12.9. The van der Waals surface area contributed by atoms with Gasteiger partial charge in [0.05, 0.1) is 28.3 Å². The molecule has 0 radical (unpaired) electrons. The van der Waals surface area contributed by atoms with Gasteiger partial charge in [-0.25, -0.2) is 0 Å². The van der Waals surface area contributed by atoms with Gasteiger partial charge in [-0.15, -0.1) is 0 Å². The number of anilines is 3. The average molecular weight is 304 g/mol. The van der Waals surface area contributed by atoms with Gasteiger partial charge in [0.25, 0.3) is 0 Å². The van der Waals surface area contributed by atoms with Gasteiger partial charge in [-0.05, 0) is 36.8 Å². The summed E-state index contributed by atoms with van der Waals surface area (Å²) < 4.78 is 2.47. The van der Waals surface area contributed by atoms with Crippen LogP contribution in [0.2, 0.25) is 0 Å². The molecule has 5 rings (SSSR count). The van der Waals surface area contributed by atoms with Gasteiger partial charge in [0.15, 0.2) is 0 Å². The first-order valence-corrected chi connectivity index (χ1v) is 8.18. The maximum atomic E-state index is 3.71. The number of hydrogen-bond acceptors (Lipinski definition) is 3. The molecule has 0 fully saturated rings. The summed E-state index contributed by atoms with van der Waals surface area (Å²) in [5, 5.41) is 8.53. The Labute approximate surface area is 135 Å². The van der Waals surface area contributed by atoms with Crippen molar-refractivity contribution < 1.29 is 0 Å². The number of hydrogen-bond donors (Lipinski definition) is 2. The van der Waals surface area contributed by atoms with E-state index in [9.17, 15) is 0 Å². The van der Waals surface area contributed by atoms with Crippen LogP contribution in [0.4, 0.5) is 17.1 Å². The number of para-hydroxylation sites is 1. The first-order valence-electron chi connectivity index (χ1n) is 8.18. The van der Waals surface area contributed by atoms with E-state index in [1.807, 2.05) is 0 Å². The Morgan fingerprint density at radius 2 is 2.00 bits per heavy atom. The molecule has 0 amide bonds. The molecule has 116 valence electrons. The third-order valence-electron chi connectivity index (χ3n) is 5.09. The topological polar surface area (TPSA) is 32.2 Å². The van der Waals surface area contributed by atoms with E-state index in [0.29, 0.717) is 0 Å². The van der Waals surface area contributed by atoms with Crippen molar-refractivity contribution in [1.29, 1.82) is 0 Å². The molecular weight excluding hydrogens is 284 g/mol. The van der Waals surface area contributed by atoms with Gasteiger partial charge in [-0.1, -0.05) is 18.2 Å². The van der Waals surface area contributed by atoms with Crippen LogP contribution in [0, 0.1) is 6.92 Å². The van der Waals surface area contributed by atoms with Crippen LogP contribution < -0.4 is 15.5 Å². The van der Waals surface area contributed by atoms with Crippen LogP contribution in [0.15, 0.2) is 42.5 Å². The minimum absolute atomic E-state index is 0.185. The molecule has 0 bridgehead atoms. The summed E-state index contributed by atoms with van der Waals surface area (Å²) in [4.78, 5) is 2.34. The summed E-state index contributed by atoms with van der Waals surface area (Å²) in [6.45, 7) is 4.14. The molecular formula is C19H20N4. The van der Waals surface area contributed by atoms with Crippen LogP contribution in [-0.4, -0.2) is 18.2 Å². The molecule has 3 aromatic rings. The number of fused-ring (bicyclic) bond motifs is 1. The predicted molar refractivity (Wildman–Crippen MR) is 96.4 cm³/mol. The first-order chi connectivity index (χ1) is 11.2. The normalized spacial score (nSPS) is 18.7. The maximum Gasteiger partial charge on any atom is 0.141 e. The van der Waals surface area contributed by atoms with E-state index in [1.54, 1.807) is 0 Å². The van der Waals surface area contributed by atoms with E-state index >= 15 is 0 Å². The monoisotopic (exact) mass is 304 g/mol. The van der Waals surface area contributed by atoms with E-state index in [2.05, 4.69) is 76.5 Å². The molecule has 23 heavy (non-hydrogen) atoms. The Balaban J connectivity index is 1.67. The van der Waals surface area contributed by atoms with Crippen molar-refractivity contribution >= 4 is 28.0 Å². The molecule has 2 aromatic carbocycles. The minimum atomic E-state index is 0.185. The zero-order chi connectivity index (χ0) is 15.6. The number of aromatic nitrogens is 1. The van der Waals surface area contributed by atoms with Crippen LogP contribution in [0.5, 0.6) is 0 Å². The summed E-state index contributed by atoms with van der Waals surface area (Å²) in [7, 11) is 2.17. The fraction of sp³-hybridized carbons (Fsp3) is 0.263. The van der Waals surface area contributed by atoms with Crippen molar-refractivity contribution in [3.8, 4) is 0 Å². The van der Waals surface area contributed by atoms with Gasteiger partial charge in [0.2, 0.25) is 0 Å². The molecule has 3 heterocycles. The highest BCUT2D eigenvalue weighted by Crippen LogP contribution is 2.42. The third kappa shape index (κ3) is 1.72. The standard InChI is InChI=1S/C19H20N4/c1-12-6-7-16-15(10-12)21-19(22(16)2)17-11-13-4-3-5-14-18(13)23(17)9-8-20-14/h3-7,10-11,19-21H,8-9H2,1-2H3. The third-order valence-corrected chi connectivity index (χ3v) is 5.09. The van der Waals surface area contributed by atoms with Crippen LogP contribution >= 0.6 is 0 Å². The van der Waals surface area contributed by atoms with Crippen molar-refractivity contribution in [3.05, 3.63) is 53.7 Å². The van der Waals surface area contributed by atoms with Crippen molar-refractivity contribution in [2.75, 3.05) is 29.1 Å². The quantitative estimate of drug-likeness (QED) is 0.714. The van der Waals surface area contributed by atoms with Crippen LogP contribution in [-0.2, 0) is 6.54 Å². The molecule has 1 atom stereocenters. The van der Waals surface area contributed by atoms with Crippen LogP contribution in [0.3, 0.4) is 0 Å². The Hall–Kier alpha value is -2.62. The molecule has 1 aromatic heterocycles. The van der Waals surface area contributed by atoms with Gasteiger partial charge < -0.3 is 20.1 Å². The maximum absolute atomic E-state index is 3.71. The number of rotatable bonds is 1. The van der Waals surface area contributed by atoms with Crippen LogP contribution in [0.25, 0.3) is 10.9 Å². The van der Waals surface area contributed by atoms with E-state index in [-0.39, 0.29) is 6.17 Å². The second kappa shape index (κ2) is 4.44. The Bertz CT molecular complexity index is 925. The molecule has 2 aliphatic heterocycles. The summed E-state index contributed by atoms with van der Waals surface area (Å²) in [5.74, 6) is 0. The van der Waals surface area contributed by atoms with Crippen molar-refractivity contribution in [1.82, 2.24) is 4.57 Å². The van der Waals surface area contributed by atoms with Gasteiger partial charge in [-0.2, -0.15) is 0 Å². The zero-order valence-corrected chi connectivity index (χ0v) is 13.4. The number of aryl methyl sites for hydroxylation is 1. The number of benzene rings is 2. The van der Waals surface area contributed by atoms with Crippen LogP contribution in [0.1, 0.15) is 17.4 Å². The molecule has 1 unspecified atom stereocenters. The molecule has 0 saturated heterocycles. The average Bonchev–Trinajstić information content (AvgIpc) is 3.08. The molecule has 2 aliphatic rings. The fourth-order valence-electron chi connectivity index (χ4n) is 3.99. The van der Waals surface area contributed by atoms with Crippen molar-refractivity contribution in [2.45, 2.75) is 19.6 Å². The van der Waals surface area contributed by atoms with E-state index in [0.717, 1.165) is 13.1 Å². The van der Waals surface area contributed by atoms with Gasteiger partial charge >= 0.3 is 0 Å². The number of nitrogens with one attached hydrogen (secondary N) is 2. The summed E-state index contributed by atoms with van der Waals surface area (Å²) in [6, 6.07) is 15.5. The van der Waals surface area contributed by atoms with Gasteiger partial charge in [-0.3, -0.25) is 0 Å². The molecule has 0 saturated carbocycles. The highest BCUT2D eigenvalue weighted by atomic mass is 15.3. The predicted octanol–water partition coefficient (Wildman–Crippen LogP) is 3.94. The molecule has 2 N–H and O–H groups in total. The van der Waals surface area contributed by atoms with E-state index in [4.69, 9.17) is 0 Å². The highest BCUT2D eigenvalue weighted by Gasteiger charge is 2.30.